The van der Waals surface area contributed by atoms with Gasteiger partial charge in [0.05, 0.1) is 0 Å². The van der Waals surface area contributed by atoms with Crippen LogP contribution < -0.4 is 9.09 Å². The first-order valence-corrected chi connectivity index (χ1v) is 9.19. The number of rotatable bonds is 0. The molecule has 1 aromatic carbocycles. The quantitative estimate of drug-likeness (QED) is 0.659. The van der Waals surface area contributed by atoms with Gasteiger partial charge in [-0.15, -0.1) is 0 Å². The van der Waals surface area contributed by atoms with Crippen molar-refractivity contribution in [3.63, 3.8) is 0 Å². The number of hydrogen-bond donors (Lipinski definition) is 0. The van der Waals surface area contributed by atoms with Crippen LogP contribution >= 0.6 is 9.95 Å². The molecule has 0 bridgehead atoms. The van der Waals surface area contributed by atoms with Crippen molar-refractivity contribution in [2.45, 2.75) is 25.7 Å². The van der Waals surface area contributed by atoms with Gasteiger partial charge in [-0.05, 0) is 0 Å². The second kappa shape index (κ2) is 3.47. The van der Waals surface area contributed by atoms with Gasteiger partial charge in [0, 0.05) is 0 Å². The van der Waals surface area contributed by atoms with Crippen LogP contribution in [0.2, 0.25) is 0 Å². The fraction of sp³-hybridized carbons (Fsp3) is 0.455. The van der Waals surface area contributed by atoms with Gasteiger partial charge >= 0.3 is 93.8 Å². The molecule has 0 aliphatic carbocycles. The molecule has 1 nitrogen and oxygen atoms in total. The van der Waals surface area contributed by atoms with Crippen molar-refractivity contribution in [2.75, 3.05) is 0 Å². The van der Waals surface area contributed by atoms with Gasteiger partial charge in [0.25, 0.3) is 0 Å². The molecule has 1 aliphatic rings. The van der Waals surface area contributed by atoms with Gasteiger partial charge in [0.1, 0.15) is 0 Å². The molecule has 76 valence electrons. The molecule has 2 atom stereocenters. The van der Waals surface area contributed by atoms with Crippen molar-refractivity contribution in [3.05, 3.63) is 24.3 Å². The minimum atomic E-state index is -1.51. The summed E-state index contributed by atoms with van der Waals surface area (Å²) in [7, 11) is 6.51. The molecule has 0 N–H and O–H groups in total. The van der Waals surface area contributed by atoms with Gasteiger partial charge in [0.2, 0.25) is 0 Å². The van der Waals surface area contributed by atoms with Crippen molar-refractivity contribution >= 4 is 28.0 Å². The van der Waals surface area contributed by atoms with E-state index in [-0.39, 0.29) is 10.3 Å². The van der Waals surface area contributed by atoms with Crippen LogP contribution in [0.1, 0.15) is 20.8 Å². The predicted octanol–water partition coefficient (Wildman–Crippen LogP) is 2.47. The third-order valence-corrected chi connectivity index (χ3v) is 8.60. The first kappa shape index (κ1) is 10.4. The molecule has 0 saturated carbocycles. The molecule has 1 heterocycles. The van der Waals surface area contributed by atoms with E-state index in [2.05, 4.69) is 26.8 Å². The maximum atomic E-state index is 6.51. The van der Waals surface area contributed by atoms with E-state index in [9.17, 15) is 0 Å². The van der Waals surface area contributed by atoms with E-state index in [0.717, 1.165) is 5.75 Å². The summed E-state index contributed by atoms with van der Waals surface area (Å²) in [5, 5.41) is 0. The fourth-order valence-electron chi connectivity index (χ4n) is 1.54. The second-order valence-electron chi connectivity index (χ2n) is 4.62. The van der Waals surface area contributed by atoms with Crippen LogP contribution in [0.15, 0.2) is 24.3 Å². The molecule has 2 unspecified atom stereocenters. The molecule has 0 saturated heterocycles. The van der Waals surface area contributed by atoms with Crippen LogP contribution in [0, 0.1) is 5.41 Å². The van der Waals surface area contributed by atoms with Gasteiger partial charge in [0.15, 0.2) is 0 Å². The molecule has 1 aromatic rings. The molecule has 0 fully saturated rings. The van der Waals surface area contributed by atoms with Crippen LogP contribution in [-0.4, -0.2) is 18.6 Å². The molecule has 0 amide bonds. The Morgan fingerprint density at radius 3 is 2.50 bits per heavy atom. The molecule has 2 rings (SSSR count). The molecular formula is C11H14AsClO. The topological polar surface area (TPSA) is 9.23 Å². The Kier molecular flexibility index (Phi) is 2.57. The van der Waals surface area contributed by atoms with E-state index >= 15 is 0 Å². The van der Waals surface area contributed by atoms with Crippen LogP contribution in [0.25, 0.3) is 0 Å². The summed E-state index contributed by atoms with van der Waals surface area (Å²) in [6.07, 6.45) is 0. The zero-order valence-corrected chi connectivity index (χ0v) is 11.3. The van der Waals surface area contributed by atoms with Gasteiger partial charge in [-0.25, -0.2) is 0 Å². The van der Waals surface area contributed by atoms with Crippen molar-refractivity contribution in [1.29, 1.82) is 0 Å². The van der Waals surface area contributed by atoms with Gasteiger partial charge < -0.3 is 0 Å². The van der Waals surface area contributed by atoms with Crippen LogP contribution in [0.3, 0.4) is 0 Å². The zero-order valence-electron chi connectivity index (χ0n) is 8.62. The van der Waals surface area contributed by atoms with E-state index in [0.29, 0.717) is 0 Å². The summed E-state index contributed by atoms with van der Waals surface area (Å²) < 4.78 is 7.18. The monoisotopic (exact) mass is 272 g/mol. The summed E-state index contributed by atoms with van der Waals surface area (Å²) in [4.78, 5) is 0.217. The van der Waals surface area contributed by atoms with Crippen LogP contribution in [-0.2, 0) is 0 Å². The van der Waals surface area contributed by atoms with E-state index in [1.165, 1.54) is 4.35 Å². The number of para-hydroxylation sites is 1. The Bertz CT molecular complexity index is 345. The van der Waals surface area contributed by atoms with E-state index in [1.807, 2.05) is 18.2 Å². The Morgan fingerprint density at radius 2 is 1.93 bits per heavy atom. The molecular weight excluding hydrogens is 258 g/mol. The molecule has 0 spiro atoms. The van der Waals surface area contributed by atoms with Gasteiger partial charge in [-0.1, -0.05) is 0 Å². The van der Waals surface area contributed by atoms with E-state index in [4.69, 9.17) is 14.7 Å². The van der Waals surface area contributed by atoms with Gasteiger partial charge in [-0.3, -0.25) is 0 Å². The molecule has 0 radical (unpaired) electrons. The SMILES string of the molecule is CC(C)(C)C1Oc2ccccc2[As]1Cl. The number of fused-ring (bicyclic) bond motifs is 1. The predicted molar refractivity (Wildman–Crippen MR) is 61.6 cm³/mol. The summed E-state index contributed by atoms with van der Waals surface area (Å²) in [5.74, 6) is 1.00. The van der Waals surface area contributed by atoms with Crippen molar-refractivity contribution < 1.29 is 4.74 Å². The van der Waals surface area contributed by atoms with Crippen molar-refractivity contribution in [2.24, 2.45) is 5.41 Å². The van der Waals surface area contributed by atoms with Crippen molar-refractivity contribution in [1.82, 2.24) is 0 Å². The third-order valence-electron chi connectivity index (χ3n) is 2.28. The first-order valence-electron chi connectivity index (χ1n) is 4.71. The Labute approximate surface area is 93.8 Å². The Hall–Kier alpha value is -0.132. The first-order chi connectivity index (χ1) is 6.50. The normalized spacial score (nSPS) is 25.7. The zero-order chi connectivity index (χ0) is 10.3. The average Bonchev–Trinajstić information content (AvgIpc) is 2.44. The maximum absolute atomic E-state index is 6.51. The Balaban J connectivity index is 2.35. The van der Waals surface area contributed by atoms with Crippen molar-refractivity contribution in [3.8, 4) is 5.75 Å². The standard InChI is InChI=1S/C11H14AsClO/c1-11(2,3)10-12(13)8-6-4-5-7-9(8)14-10/h4-7,10H,1-3H3. The van der Waals surface area contributed by atoms with Crippen LogP contribution in [0.5, 0.6) is 5.75 Å². The van der Waals surface area contributed by atoms with E-state index < -0.39 is 13.7 Å². The summed E-state index contributed by atoms with van der Waals surface area (Å²) in [6, 6.07) is 8.17. The molecule has 1 aliphatic heterocycles. The second-order valence-corrected chi connectivity index (χ2v) is 9.81. The number of ether oxygens (including phenoxy) is 1. The molecule has 0 aromatic heterocycles. The number of hydrogen-bond acceptors (Lipinski definition) is 1. The summed E-state index contributed by atoms with van der Waals surface area (Å²) in [6.45, 7) is 6.56. The van der Waals surface area contributed by atoms with E-state index in [1.54, 1.807) is 0 Å². The fourth-order valence-corrected chi connectivity index (χ4v) is 7.57. The minimum absolute atomic E-state index is 0.140. The summed E-state index contributed by atoms with van der Waals surface area (Å²) >= 11 is -1.51. The number of benzene rings is 1. The Morgan fingerprint density at radius 1 is 1.29 bits per heavy atom. The average molecular weight is 273 g/mol. The van der Waals surface area contributed by atoms with Crippen LogP contribution in [0.4, 0.5) is 0 Å². The molecule has 3 heteroatoms. The number of halogens is 1. The van der Waals surface area contributed by atoms with Gasteiger partial charge in [-0.2, -0.15) is 0 Å². The third kappa shape index (κ3) is 1.68. The summed E-state index contributed by atoms with van der Waals surface area (Å²) in [5.41, 5.74) is 0.140. The molecule has 14 heavy (non-hydrogen) atoms.